The summed E-state index contributed by atoms with van der Waals surface area (Å²) in [7, 11) is 0. The molecule has 0 bridgehead atoms. The molecule has 0 spiro atoms. The Labute approximate surface area is 161 Å². The first-order valence-electron chi connectivity index (χ1n) is 9.60. The average Bonchev–Trinajstić information content (AvgIpc) is 3.45. The summed E-state index contributed by atoms with van der Waals surface area (Å²) in [4.78, 5) is 22.2. The minimum Gasteiger partial charge on any atom is -0.461 e. The van der Waals surface area contributed by atoms with Crippen LogP contribution in [0, 0.1) is 19.8 Å². The number of benzene rings is 1. The molecule has 1 saturated heterocycles. The molecule has 1 aromatic rings. The fraction of sp³-hybridized carbons (Fsp3) is 0.619. The number of amides is 1. The zero-order chi connectivity index (χ0) is 19.6. The molecule has 2 aliphatic rings. The van der Waals surface area contributed by atoms with E-state index in [9.17, 15) is 9.59 Å². The first kappa shape index (κ1) is 21.4. The highest BCUT2D eigenvalue weighted by Gasteiger charge is 2.28. The van der Waals surface area contributed by atoms with E-state index in [0.717, 1.165) is 6.61 Å². The molecule has 150 valence electrons. The molecule has 1 amide bonds. The van der Waals surface area contributed by atoms with Crippen molar-refractivity contribution >= 4 is 12.4 Å². The third-order valence-corrected chi connectivity index (χ3v) is 4.54. The van der Waals surface area contributed by atoms with E-state index >= 15 is 0 Å². The van der Waals surface area contributed by atoms with Crippen molar-refractivity contribution in [1.82, 2.24) is 5.32 Å². The van der Waals surface area contributed by atoms with E-state index in [0.29, 0.717) is 25.4 Å². The molecule has 3 atom stereocenters. The number of hydrogen-bond acceptors (Lipinski definition) is 5. The van der Waals surface area contributed by atoms with Gasteiger partial charge in [0.1, 0.15) is 6.10 Å². The molecule has 1 heterocycles. The van der Waals surface area contributed by atoms with Crippen LogP contribution in [0.3, 0.4) is 0 Å². The number of ether oxygens (including phenoxy) is 3. The van der Waals surface area contributed by atoms with Crippen LogP contribution >= 0.6 is 0 Å². The number of carbonyl (C=O) groups is 2. The zero-order valence-corrected chi connectivity index (χ0v) is 16.5. The van der Waals surface area contributed by atoms with E-state index < -0.39 is 12.0 Å². The standard InChI is InChI=1S/C13H21NO5.C8H10/c1-9-4-11(18-5-10-2-3-10)6-17-7-12(14-8-15)13(16)19-9;1-7-3-5-8(2)6-4-7/h8-12H,2-7H2,1H3,(H,14,15);3-6H,1-2H3/t9?,11?,12-;/m0./s1. The molecule has 2 unspecified atom stereocenters. The second kappa shape index (κ2) is 11.0. The lowest BCUT2D eigenvalue weighted by Crippen LogP contribution is -2.41. The van der Waals surface area contributed by atoms with Crippen LogP contribution in [0.25, 0.3) is 0 Å². The van der Waals surface area contributed by atoms with E-state index in [1.807, 2.05) is 6.92 Å². The van der Waals surface area contributed by atoms with E-state index in [2.05, 4.69) is 43.4 Å². The average molecular weight is 377 g/mol. The molecular weight excluding hydrogens is 346 g/mol. The smallest absolute Gasteiger partial charge is 0.331 e. The summed E-state index contributed by atoms with van der Waals surface area (Å²) in [5.74, 6) is 0.234. The monoisotopic (exact) mass is 377 g/mol. The van der Waals surface area contributed by atoms with Crippen LogP contribution in [-0.2, 0) is 23.8 Å². The van der Waals surface area contributed by atoms with Crippen molar-refractivity contribution in [2.45, 2.75) is 58.3 Å². The van der Waals surface area contributed by atoms with Crippen LogP contribution in [0.2, 0.25) is 0 Å². The highest BCUT2D eigenvalue weighted by molar-refractivity contribution is 5.78. The largest absolute Gasteiger partial charge is 0.461 e. The van der Waals surface area contributed by atoms with Gasteiger partial charge in [-0.25, -0.2) is 4.79 Å². The minimum atomic E-state index is -0.734. The molecule has 0 radical (unpaired) electrons. The van der Waals surface area contributed by atoms with E-state index in [-0.39, 0.29) is 18.8 Å². The van der Waals surface area contributed by atoms with E-state index in [1.54, 1.807) is 0 Å². The third kappa shape index (κ3) is 8.54. The third-order valence-electron chi connectivity index (χ3n) is 4.54. The van der Waals surface area contributed by atoms with Crippen LogP contribution < -0.4 is 5.32 Å². The van der Waals surface area contributed by atoms with Gasteiger partial charge in [0.2, 0.25) is 6.41 Å². The Kier molecular flexibility index (Phi) is 8.75. The number of rotatable bonds is 5. The van der Waals surface area contributed by atoms with Gasteiger partial charge in [0.15, 0.2) is 6.04 Å². The molecule has 2 fully saturated rings. The van der Waals surface area contributed by atoms with Crippen LogP contribution in [0.4, 0.5) is 0 Å². The first-order valence-corrected chi connectivity index (χ1v) is 9.60. The number of aryl methyl sites for hydroxylation is 2. The normalized spacial score (nSPS) is 25.7. The Morgan fingerprint density at radius 2 is 1.78 bits per heavy atom. The number of cyclic esters (lactones) is 1. The maximum Gasteiger partial charge on any atom is 0.331 e. The number of esters is 1. The lowest BCUT2D eigenvalue weighted by Gasteiger charge is -2.20. The van der Waals surface area contributed by atoms with Crippen molar-refractivity contribution in [2.24, 2.45) is 5.92 Å². The molecule has 1 saturated carbocycles. The summed E-state index contributed by atoms with van der Waals surface area (Å²) >= 11 is 0. The van der Waals surface area contributed by atoms with Gasteiger partial charge >= 0.3 is 5.97 Å². The predicted molar refractivity (Wildman–Crippen MR) is 102 cm³/mol. The van der Waals surface area contributed by atoms with Gasteiger partial charge in [-0.05, 0) is 39.5 Å². The Bertz CT molecular complexity index is 564. The number of hydrogen-bond donors (Lipinski definition) is 1. The number of nitrogens with one attached hydrogen (secondary N) is 1. The van der Waals surface area contributed by atoms with Gasteiger partial charge in [-0.1, -0.05) is 35.4 Å². The molecule has 1 aromatic carbocycles. The second-order valence-electron chi connectivity index (χ2n) is 7.41. The summed E-state index contributed by atoms with van der Waals surface area (Å²) in [5.41, 5.74) is 2.66. The van der Waals surface area contributed by atoms with Gasteiger partial charge in [0, 0.05) is 13.0 Å². The maximum atomic E-state index is 11.7. The first-order chi connectivity index (χ1) is 13.0. The molecule has 0 aromatic heterocycles. The summed E-state index contributed by atoms with van der Waals surface area (Å²) in [5, 5.41) is 2.40. The molecule has 1 aliphatic heterocycles. The Balaban J connectivity index is 0.000000273. The van der Waals surface area contributed by atoms with Gasteiger partial charge in [0.25, 0.3) is 0 Å². The Morgan fingerprint density at radius 3 is 2.33 bits per heavy atom. The van der Waals surface area contributed by atoms with Crippen molar-refractivity contribution in [3.8, 4) is 0 Å². The number of carbonyl (C=O) groups excluding carboxylic acids is 2. The van der Waals surface area contributed by atoms with Gasteiger partial charge in [-0.2, -0.15) is 0 Å². The molecule has 3 rings (SSSR count). The van der Waals surface area contributed by atoms with Gasteiger partial charge in [-0.15, -0.1) is 0 Å². The minimum absolute atomic E-state index is 0.0571. The zero-order valence-electron chi connectivity index (χ0n) is 16.5. The lowest BCUT2D eigenvalue weighted by molar-refractivity contribution is -0.152. The fourth-order valence-corrected chi connectivity index (χ4v) is 2.66. The SMILES string of the molecule is CC1CC(OCC2CC2)COC[C@H](NC=O)C(=O)O1.Cc1ccc(C)cc1. The van der Waals surface area contributed by atoms with Crippen molar-refractivity contribution in [2.75, 3.05) is 19.8 Å². The van der Waals surface area contributed by atoms with Gasteiger partial charge in [-0.3, -0.25) is 4.79 Å². The highest BCUT2D eigenvalue weighted by Crippen LogP contribution is 2.29. The lowest BCUT2D eigenvalue weighted by atomic mass is 10.2. The molecule has 1 N–H and O–H groups in total. The van der Waals surface area contributed by atoms with E-state index in [4.69, 9.17) is 14.2 Å². The summed E-state index contributed by atoms with van der Waals surface area (Å²) in [6.45, 7) is 7.32. The van der Waals surface area contributed by atoms with Crippen LogP contribution in [0.5, 0.6) is 0 Å². The predicted octanol–water partition coefficient (Wildman–Crippen LogP) is 2.55. The van der Waals surface area contributed by atoms with Crippen molar-refractivity contribution in [3.63, 3.8) is 0 Å². The molecule has 6 heteroatoms. The summed E-state index contributed by atoms with van der Waals surface area (Å²) in [6.07, 6.45) is 3.28. The molecule has 1 aliphatic carbocycles. The Hall–Kier alpha value is -1.92. The van der Waals surface area contributed by atoms with Crippen LogP contribution in [0.1, 0.15) is 37.3 Å². The Morgan fingerprint density at radius 1 is 1.15 bits per heavy atom. The van der Waals surface area contributed by atoms with Crippen LogP contribution in [0.15, 0.2) is 24.3 Å². The summed E-state index contributed by atoms with van der Waals surface area (Å²) < 4.78 is 16.5. The molecular formula is C21H31NO5. The molecule has 6 nitrogen and oxygen atoms in total. The second-order valence-corrected chi connectivity index (χ2v) is 7.41. The highest BCUT2D eigenvalue weighted by atomic mass is 16.6. The maximum absolute atomic E-state index is 11.7. The van der Waals surface area contributed by atoms with E-state index in [1.165, 1.54) is 24.0 Å². The van der Waals surface area contributed by atoms with Crippen molar-refractivity contribution in [3.05, 3.63) is 35.4 Å². The van der Waals surface area contributed by atoms with Crippen LogP contribution in [-0.4, -0.2) is 50.4 Å². The van der Waals surface area contributed by atoms with Gasteiger partial charge < -0.3 is 19.5 Å². The van der Waals surface area contributed by atoms with Gasteiger partial charge in [0.05, 0.1) is 19.3 Å². The fourth-order valence-electron chi connectivity index (χ4n) is 2.66. The van der Waals surface area contributed by atoms with Crippen molar-refractivity contribution in [1.29, 1.82) is 0 Å². The topological polar surface area (TPSA) is 73.9 Å². The molecule has 27 heavy (non-hydrogen) atoms. The summed E-state index contributed by atoms with van der Waals surface area (Å²) in [6, 6.07) is 7.75. The van der Waals surface area contributed by atoms with Crippen molar-refractivity contribution < 1.29 is 23.8 Å². The quantitative estimate of drug-likeness (QED) is 0.631.